The van der Waals surface area contributed by atoms with Crippen LogP contribution in [0.25, 0.3) is 22.9 Å². The highest BCUT2D eigenvalue weighted by atomic mass is 19.1. The van der Waals surface area contributed by atoms with Crippen LogP contribution in [0.15, 0.2) is 77.2 Å². The van der Waals surface area contributed by atoms with Crippen molar-refractivity contribution in [3.05, 3.63) is 84.0 Å². The molecule has 182 valence electrons. The highest BCUT2D eigenvalue weighted by molar-refractivity contribution is 5.96. The zero-order valence-electron chi connectivity index (χ0n) is 19.7. The summed E-state index contributed by atoms with van der Waals surface area (Å²) in [6.45, 7) is 4.17. The van der Waals surface area contributed by atoms with Crippen molar-refractivity contribution in [1.29, 1.82) is 0 Å². The van der Waals surface area contributed by atoms with Gasteiger partial charge in [0.15, 0.2) is 11.6 Å². The minimum Gasteiger partial charge on any atom is -0.382 e. The van der Waals surface area contributed by atoms with E-state index in [4.69, 9.17) is 10.3 Å². The highest BCUT2D eigenvalue weighted by Gasteiger charge is 2.26. The molecule has 0 saturated heterocycles. The lowest BCUT2D eigenvalue weighted by Gasteiger charge is -2.23. The maximum Gasteiger partial charge on any atom is 0.232 e. The van der Waals surface area contributed by atoms with Crippen LogP contribution in [0.2, 0.25) is 0 Å². The third-order valence-electron chi connectivity index (χ3n) is 6.30. The molecular formula is C26H24FN7O2. The number of rotatable bonds is 6. The van der Waals surface area contributed by atoms with Gasteiger partial charge in [-0.3, -0.25) is 9.48 Å². The van der Waals surface area contributed by atoms with E-state index in [9.17, 15) is 9.18 Å². The Bertz CT molecular complexity index is 1470. The predicted molar refractivity (Wildman–Crippen MR) is 133 cm³/mol. The van der Waals surface area contributed by atoms with E-state index in [1.54, 1.807) is 35.0 Å². The fourth-order valence-corrected chi connectivity index (χ4v) is 4.06. The number of benzene rings is 1. The third-order valence-corrected chi connectivity index (χ3v) is 6.30. The largest absolute Gasteiger partial charge is 0.382 e. The Morgan fingerprint density at radius 3 is 2.83 bits per heavy atom. The lowest BCUT2D eigenvalue weighted by molar-refractivity contribution is -0.119. The molecule has 0 saturated carbocycles. The number of allylic oxidation sites excluding steroid dienone is 3. The van der Waals surface area contributed by atoms with Crippen LogP contribution in [-0.4, -0.2) is 30.8 Å². The first-order valence-electron chi connectivity index (χ1n) is 11.4. The number of nitrogens with zero attached hydrogens (tertiary/aromatic N) is 5. The molecule has 10 heteroatoms. The molecule has 9 nitrogen and oxygen atoms in total. The standard InChI is InChI=1S/C26H24FN7O2/c1-15-6-5-8-18(16(15)2)26(35)30-22-13-29-25(31-24(22)28)21-12-23(20-10-11-36-33-20)34(32-21)14-17-7-3-4-9-19(17)27/h3-13,16,18H,14H2,1-2H3,(H,30,35)(H2,28,29,31). The Kier molecular flexibility index (Phi) is 6.16. The molecular weight excluding hydrogens is 461 g/mol. The Labute approximate surface area is 206 Å². The molecule has 3 heterocycles. The molecule has 0 bridgehead atoms. The Morgan fingerprint density at radius 2 is 2.08 bits per heavy atom. The lowest BCUT2D eigenvalue weighted by Crippen LogP contribution is -2.28. The number of nitrogen functional groups attached to an aromatic ring is 1. The van der Waals surface area contributed by atoms with Crippen molar-refractivity contribution in [1.82, 2.24) is 24.9 Å². The molecule has 1 aromatic carbocycles. The zero-order valence-corrected chi connectivity index (χ0v) is 19.7. The molecule has 0 radical (unpaired) electrons. The summed E-state index contributed by atoms with van der Waals surface area (Å²) in [4.78, 5) is 21.6. The number of nitrogens with one attached hydrogen (secondary N) is 1. The molecule has 1 aliphatic carbocycles. The topological polar surface area (TPSA) is 125 Å². The summed E-state index contributed by atoms with van der Waals surface area (Å²) in [6, 6.07) is 9.89. The van der Waals surface area contributed by atoms with E-state index in [0.29, 0.717) is 28.3 Å². The molecule has 4 aromatic rings. The number of halogens is 1. The second kappa shape index (κ2) is 9.57. The first-order valence-corrected chi connectivity index (χ1v) is 11.4. The van der Waals surface area contributed by atoms with Gasteiger partial charge in [0, 0.05) is 11.6 Å². The number of aromatic nitrogens is 5. The number of amides is 1. The van der Waals surface area contributed by atoms with Gasteiger partial charge in [-0.25, -0.2) is 14.4 Å². The van der Waals surface area contributed by atoms with E-state index in [0.717, 1.165) is 5.57 Å². The van der Waals surface area contributed by atoms with Crippen molar-refractivity contribution in [2.24, 2.45) is 11.8 Å². The minimum absolute atomic E-state index is 0.0739. The normalized spacial score (nSPS) is 17.1. The molecule has 0 aliphatic heterocycles. The number of nitrogens with two attached hydrogens (primary N) is 1. The summed E-state index contributed by atoms with van der Waals surface area (Å²) in [6.07, 6.45) is 8.65. The van der Waals surface area contributed by atoms with Crippen molar-refractivity contribution in [2.75, 3.05) is 11.1 Å². The van der Waals surface area contributed by atoms with E-state index in [-0.39, 0.29) is 41.7 Å². The first-order chi connectivity index (χ1) is 17.4. The predicted octanol–water partition coefficient (Wildman–Crippen LogP) is 4.47. The van der Waals surface area contributed by atoms with Crippen LogP contribution in [0.5, 0.6) is 0 Å². The number of hydrogen-bond donors (Lipinski definition) is 2. The van der Waals surface area contributed by atoms with Gasteiger partial charge >= 0.3 is 0 Å². The SMILES string of the molecule is CC1=CC=CC(C(=O)Nc2cnc(-c3cc(-c4ccon4)n(Cc4ccccc4F)n3)nc2N)C1C. The lowest BCUT2D eigenvalue weighted by atomic mass is 9.84. The molecule has 1 amide bonds. The molecule has 5 rings (SSSR count). The quantitative estimate of drug-likeness (QED) is 0.413. The van der Waals surface area contributed by atoms with Gasteiger partial charge in [-0.1, -0.05) is 54.1 Å². The Morgan fingerprint density at radius 1 is 1.25 bits per heavy atom. The van der Waals surface area contributed by atoms with Gasteiger partial charge in [0.2, 0.25) is 5.91 Å². The van der Waals surface area contributed by atoms with E-state index < -0.39 is 0 Å². The number of carbonyl (C=O) groups excluding carboxylic acids is 1. The summed E-state index contributed by atoms with van der Waals surface area (Å²) >= 11 is 0. The smallest absolute Gasteiger partial charge is 0.232 e. The fourth-order valence-electron chi connectivity index (χ4n) is 4.06. The average molecular weight is 486 g/mol. The van der Waals surface area contributed by atoms with Gasteiger partial charge in [-0.2, -0.15) is 5.10 Å². The first kappa shape index (κ1) is 23.2. The molecule has 0 fully saturated rings. The van der Waals surface area contributed by atoms with Crippen molar-refractivity contribution >= 4 is 17.4 Å². The second-order valence-corrected chi connectivity index (χ2v) is 8.64. The van der Waals surface area contributed by atoms with Crippen LogP contribution >= 0.6 is 0 Å². The maximum atomic E-state index is 14.3. The van der Waals surface area contributed by atoms with Gasteiger partial charge in [-0.15, -0.1) is 0 Å². The summed E-state index contributed by atoms with van der Waals surface area (Å²) in [5.41, 5.74) is 9.63. The molecule has 2 atom stereocenters. The van der Waals surface area contributed by atoms with E-state index >= 15 is 0 Å². The van der Waals surface area contributed by atoms with Gasteiger partial charge in [0.05, 0.1) is 24.4 Å². The van der Waals surface area contributed by atoms with Crippen LogP contribution < -0.4 is 11.1 Å². The monoisotopic (exact) mass is 485 g/mol. The number of carbonyl (C=O) groups is 1. The van der Waals surface area contributed by atoms with Gasteiger partial charge in [0.1, 0.15) is 29.2 Å². The van der Waals surface area contributed by atoms with Crippen molar-refractivity contribution in [3.63, 3.8) is 0 Å². The van der Waals surface area contributed by atoms with Crippen LogP contribution in [-0.2, 0) is 11.3 Å². The molecule has 36 heavy (non-hydrogen) atoms. The van der Waals surface area contributed by atoms with Crippen LogP contribution in [0, 0.1) is 17.7 Å². The molecule has 0 spiro atoms. The van der Waals surface area contributed by atoms with Crippen LogP contribution in [0.4, 0.5) is 15.9 Å². The van der Waals surface area contributed by atoms with Gasteiger partial charge < -0.3 is 15.6 Å². The van der Waals surface area contributed by atoms with Crippen molar-refractivity contribution in [3.8, 4) is 22.9 Å². The number of anilines is 2. The highest BCUT2D eigenvalue weighted by Crippen LogP contribution is 2.29. The number of hydrogen-bond acceptors (Lipinski definition) is 7. The zero-order chi connectivity index (χ0) is 25.2. The summed E-state index contributed by atoms with van der Waals surface area (Å²) in [5, 5.41) is 11.4. The minimum atomic E-state index is -0.339. The second-order valence-electron chi connectivity index (χ2n) is 8.64. The molecule has 3 N–H and O–H groups in total. The van der Waals surface area contributed by atoms with E-state index in [2.05, 4.69) is 25.5 Å². The summed E-state index contributed by atoms with van der Waals surface area (Å²) in [5.74, 6) is -0.393. The van der Waals surface area contributed by atoms with Gasteiger partial charge in [0.25, 0.3) is 0 Å². The molecule has 3 aromatic heterocycles. The summed E-state index contributed by atoms with van der Waals surface area (Å²) in [7, 11) is 0. The van der Waals surface area contributed by atoms with Crippen LogP contribution in [0.3, 0.4) is 0 Å². The van der Waals surface area contributed by atoms with Crippen molar-refractivity contribution < 1.29 is 13.7 Å². The van der Waals surface area contributed by atoms with Crippen molar-refractivity contribution in [2.45, 2.75) is 20.4 Å². The maximum absolute atomic E-state index is 14.3. The fraction of sp³-hybridized carbons (Fsp3) is 0.192. The van der Waals surface area contributed by atoms with E-state index in [1.807, 2.05) is 32.1 Å². The molecule has 2 unspecified atom stereocenters. The average Bonchev–Trinajstić information content (AvgIpc) is 3.54. The molecule has 1 aliphatic rings. The summed E-state index contributed by atoms with van der Waals surface area (Å²) < 4.78 is 20.9. The Balaban J connectivity index is 1.42. The third kappa shape index (κ3) is 4.52. The Hall–Kier alpha value is -4.60. The van der Waals surface area contributed by atoms with E-state index in [1.165, 1.54) is 18.5 Å². The van der Waals surface area contributed by atoms with Gasteiger partial charge in [-0.05, 0) is 25.0 Å². The van der Waals surface area contributed by atoms with Crippen LogP contribution in [0.1, 0.15) is 19.4 Å².